The second-order valence-corrected chi connectivity index (χ2v) is 16.5. The zero-order valence-corrected chi connectivity index (χ0v) is 30.4. The Morgan fingerprint density at radius 2 is 1.53 bits per heavy atom. The average molecular weight is 688 g/mol. The molecule has 0 amide bonds. The minimum Gasteiger partial charge on any atom is -0.496 e. The topological polar surface area (TPSA) is 48.7 Å². The van der Waals surface area contributed by atoms with Crippen LogP contribution in [0.1, 0.15) is 88.2 Å². The number of benzene rings is 2. The largest absolute Gasteiger partial charge is 0.496 e. The molecule has 0 spiro atoms. The summed E-state index contributed by atoms with van der Waals surface area (Å²) in [6, 6.07) is 16.6. The minimum absolute atomic E-state index is 0.391. The van der Waals surface area contributed by atoms with Gasteiger partial charge in [0.25, 0.3) is 0 Å². The van der Waals surface area contributed by atoms with Crippen LogP contribution in [0.2, 0.25) is 5.02 Å². The number of rotatable bonds is 7. The summed E-state index contributed by atoms with van der Waals surface area (Å²) in [6.45, 7) is 4.92. The lowest BCUT2D eigenvalue weighted by Crippen LogP contribution is -2.46. The Morgan fingerprint density at radius 3 is 2.22 bits per heavy atom. The van der Waals surface area contributed by atoms with Crippen LogP contribution >= 0.6 is 11.6 Å². The number of likely N-dealkylation sites (tertiary alicyclic amines) is 2. The fourth-order valence-electron chi connectivity index (χ4n) is 10.5. The van der Waals surface area contributed by atoms with E-state index in [4.69, 9.17) is 21.1 Å². The van der Waals surface area contributed by atoms with Crippen molar-refractivity contribution in [3.05, 3.63) is 70.8 Å². The summed E-state index contributed by atoms with van der Waals surface area (Å²) in [4.78, 5) is 5.15. The van der Waals surface area contributed by atoms with Gasteiger partial charge in [-0.2, -0.15) is 5.26 Å². The van der Waals surface area contributed by atoms with Crippen molar-refractivity contribution in [3.63, 3.8) is 0 Å². The lowest BCUT2D eigenvalue weighted by atomic mass is 9.73. The van der Waals surface area contributed by atoms with E-state index in [1.165, 1.54) is 57.9 Å². The number of alkyl halides is 1. The maximum atomic E-state index is 15.7. The van der Waals surface area contributed by atoms with Crippen LogP contribution in [0.4, 0.5) is 4.39 Å². The Morgan fingerprint density at radius 1 is 0.816 bits per heavy atom. The van der Waals surface area contributed by atoms with Crippen LogP contribution < -0.4 is 9.47 Å². The molecular weight excluding hydrogens is 633 g/mol. The second kappa shape index (κ2) is 14.9. The van der Waals surface area contributed by atoms with Crippen molar-refractivity contribution >= 4 is 11.6 Å². The van der Waals surface area contributed by atoms with Crippen molar-refractivity contribution in [2.75, 3.05) is 46.9 Å². The van der Waals surface area contributed by atoms with Crippen molar-refractivity contribution < 1.29 is 13.9 Å². The lowest BCUT2D eigenvalue weighted by molar-refractivity contribution is 0.0269. The summed E-state index contributed by atoms with van der Waals surface area (Å²) in [7, 11) is 3.30. The van der Waals surface area contributed by atoms with E-state index in [1.807, 2.05) is 18.2 Å². The smallest absolute Gasteiger partial charge is 0.142 e. The van der Waals surface area contributed by atoms with Crippen molar-refractivity contribution in [1.29, 1.82) is 5.26 Å². The predicted octanol–water partition coefficient (Wildman–Crippen LogP) is 9.34. The van der Waals surface area contributed by atoms with E-state index in [1.54, 1.807) is 32.4 Å². The molecule has 6 atom stereocenters. The Balaban J connectivity index is 0.000000154. The maximum Gasteiger partial charge on any atom is 0.142 e. The fourth-order valence-corrected chi connectivity index (χ4v) is 10.7. The van der Waals surface area contributed by atoms with Crippen LogP contribution in [-0.2, 0) is 11.1 Å². The van der Waals surface area contributed by atoms with Crippen LogP contribution in [0.3, 0.4) is 0 Å². The average Bonchev–Trinajstić information content (AvgIpc) is 3.85. The molecule has 7 heteroatoms. The van der Waals surface area contributed by atoms with Gasteiger partial charge in [-0.1, -0.05) is 54.8 Å². The maximum absolute atomic E-state index is 15.7. The molecule has 2 heterocycles. The number of allylic oxidation sites excluding steroid dienone is 2. The number of hydrogen-bond donors (Lipinski definition) is 0. The van der Waals surface area contributed by atoms with Crippen LogP contribution in [0.15, 0.2) is 54.6 Å². The van der Waals surface area contributed by atoms with E-state index in [9.17, 15) is 5.26 Å². The number of para-hydroxylation sites is 1. The standard InChI is InChI=1S/C21H29ClFNO.C21H26N2O/c1-25-20-7-5-17(22)14-19(20)21(23)8-10-24(11-9-21)18-6-4-15-2-3-16(12-15)13-18;1-24-20-5-3-2-4-19(20)21(15-22)8-10-23(11-9-21)14-18-13-16-6-7-17(18)12-16/h5,7,14-16,18H,2-4,6,8-13H2,1H3;2-7,16-18H,8-14H2,1H3/t;16-,17-,18-/m.0/s1. The molecule has 0 aromatic heterocycles. The molecule has 3 saturated carbocycles. The number of piperidine rings is 2. The predicted molar refractivity (Wildman–Crippen MR) is 195 cm³/mol. The number of halogens is 2. The third kappa shape index (κ3) is 7.42. The molecule has 264 valence electrons. The fraction of sp³-hybridized carbons (Fsp3) is 0.643. The molecule has 2 aliphatic heterocycles. The highest BCUT2D eigenvalue weighted by Crippen LogP contribution is 2.47. The molecular formula is C42H55ClFN3O2. The number of nitrogens with zero attached hydrogens (tertiary/aromatic N) is 3. The molecule has 4 bridgehead atoms. The first-order chi connectivity index (χ1) is 23.8. The molecule has 6 aliphatic rings. The van der Waals surface area contributed by atoms with Gasteiger partial charge in [0, 0.05) is 41.8 Å². The van der Waals surface area contributed by atoms with Gasteiger partial charge in [-0.25, -0.2) is 4.39 Å². The van der Waals surface area contributed by atoms with Gasteiger partial charge in [0.1, 0.15) is 17.2 Å². The first kappa shape index (κ1) is 34.8. The second-order valence-electron chi connectivity index (χ2n) is 16.1. The third-order valence-corrected chi connectivity index (χ3v) is 13.6. The van der Waals surface area contributed by atoms with Crippen molar-refractivity contribution in [2.24, 2.45) is 29.6 Å². The van der Waals surface area contributed by atoms with Gasteiger partial charge in [-0.05, 0) is 131 Å². The number of ether oxygens (including phenoxy) is 2. The molecule has 0 radical (unpaired) electrons. The van der Waals surface area contributed by atoms with E-state index < -0.39 is 11.1 Å². The first-order valence-corrected chi connectivity index (χ1v) is 19.4. The number of fused-ring (bicyclic) bond motifs is 4. The van der Waals surface area contributed by atoms with Crippen molar-refractivity contribution in [3.8, 4) is 17.6 Å². The number of nitriles is 1. The van der Waals surface area contributed by atoms with Crippen molar-refractivity contribution in [2.45, 2.75) is 94.2 Å². The van der Waals surface area contributed by atoms with Gasteiger partial charge in [-0.3, -0.25) is 0 Å². The summed E-state index contributed by atoms with van der Waals surface area (Å²) in [5, 5.41) is 10.5. The molecule has 5 nitrogen and oxygen atoms in total. The normalized spacial score (nSPS) is 31.7. The van der Waals surface area contributed by atoms with Crippen LogP contribution in [0, 0.1) is 40.9 Å². The summed E-state index contributed by atoms with van der Waals surface area (Å²) < 4.78 is 26.7. The summed E-state index contributed by atoms with van der Waals surface area (Å²) in [6.07, 6.45) is 18.8. The minimum atomic E-state index is -1.32. The molecule has 4 aliphatic carbocycles. The SMILES string of the molecule is COc1ccc(Cl)cc1C1(F)CCN(C2CCC3CCC(C3)C2)CC1.COc1ccccc1C1(C#N)CCN(C[C@@H]2C[C@H]3C=C[C@H]2C3)CC1. The van der Waals surface area contributed by atoms with E-state index in [-0.39, 0.29) is 0 Å². The van der Waals surface area contributed by atoms with Gasteiger partial charge < -0.3 is 19.3 Å². The molecule has 0 N–H and O–H groups in total. The molecule has 8 rings (SSSR count). The zero-order valence-electron chi connectivity index (χ0n) is 29.6. The van der Waals surface area contributed by atoms with Crippen LogP contribution in [0.25, 0.3) is 0 Å². The Bertz CT molecular complexity index is 1510. The van der Waals surface area contributed by atoms with Gasteiger partial charge in [0.05, 0.1) is 25.7 Å². The zero-order chi connectivity index (χ0) is 34.0. The molecule has 2 aromatic carbocycles. The van der Waals surface area contributed by atoms with Crippen molar-refractivity contribution in [1.82, 2.24) is 9.80 Å². The summed E-state index contributed by atoms with van der Waals surface area (Å²) >= 11 is 6.13. The molecule has 5 fully saturated rings. The van der Waals surface area contributed by atoms with Crippen LogP contribution in [0.5, 0.6) is 11.5 Å². The van der Waals surface area contributed by atoms with E-state index in [0.717, 1.165) is 79.9 Å². The molecule has 2 saturated heterocycles. The number of hydrogen-bond acceptors (Lipinski definition) is 5. The Labute approximate surface area is 298 Å². The van der Waals surface area contributed by atoms with Gasteiger partial charge >= 0.3 is 0 Å². The molecule has 3 unspecified atom stereocenters. The quantitative estimate of drug-likeness (QED) is 0.272. The third-order valence-electron chi connectivity index (χ3n) is 13.4. The first-order valence-electron chi connectivity index (χ1n) is 19.0. The van der Waals surface area contributed by atoms with E-state index >= 15 is 4.39 Å². The van der Waals surface area contributed by atoms with E-state index in [0.29, 0.717) is 35.2 Å². The Hall–Kier alpha value is -2.59. The monoisotopic (exact) mass is 687 g/mol. The van der Waals surface area contributed by atoms with Gasteiger partial charge in [0.15, 0.2) is 0 Å². The van der Waals surface area contributed by atoms with E-state index in [2.05, 4.69) is 34.1 Å². The lowest BCUT2D eigenvalue weighted by Gasteiger charge is -2.41. The van der Waals surface area contributed by atoms with Gasteiger partial charge in [0.2, 0.25) is 0 Å². The Kier molecular flexibility index (Phi) is 10.6. The highest BCUT2D eigenvalue weighted by atomic mass is 35.5. The molecule has 49 heavy (non-hydrogen) atoms. The highest BCUT2D eigenvalue weighted by Gasteiger charge is 2.43. The van der Waals surface area contributed by atoms with Crippen LogP contribution in [-0.4, -0.2) is 62.8 Å². The molecule has 2 aromatic rings. The summed E-state index contributed by atoms with van der Waals surface area (Å²) in [5.74, 6) is 5.85. The number of methoxy groups -OCH3 is 2. The summed E-state index contributed by atoms with van der Waals surface area (Å²) in [5.41, 5.74) is -0.0201. The van der Waals surface area contributed by atoms with Gasteiger partial charge in [-0.15, -0.1) is 0 Å². The highest BCUT2D eigenvalue weighted by molar-refractivity contribution is 6.30.